The van der Waals surface area contributed by atoms with Crippen LogP contribution < -0.4 is 15.4 Å². The third-order valence-corrected chi connectivity index (χ3v) is 9.08. The van der Waals surface area contributed by atoms with Crippen LogP contribution in [0.5, 0.6) is 5.75 Å². The van der Waals surface area contributed by atoms with E-state index in [2.05, 4.69) is 15.6 Å². The maximum atomic E-state index is 13.9. The Hall–Kier alpha value is -4.18. The minimum Gasteiger partial charge on any atom is -0.496 e. The normalized spacial score (nSPS) is 21.4. The van der Waals surface area contributed by atoms with Crippen LogP contribution in [0.15, 0.2) is 54.6 Å². The number of likely N-dealkylation sites (tertiary alicyclic amines) is 1. The molecule has 2 aromatic carbocycles. The highest BCUT2D eigenvalue weighted by Gasteiger charge is 2.55. The second-order valence-electron chi connectivity index (χ2n) is 12.1. The maximum absolute atomic E-state index is 13.9. The Morgan fingerprint density at radius 1 is 1.12 bits per heavy atom. The zero-order chi connectivity index (χ0) is 30.0. The zero-order valence-electron chi connectivity index (χ0n) is 24.4. The number of ketones is 1. The summed E-state index contributed by atoms with van der Waals surface area (Å²) in [7, 11) is 1.59. The van der Waals surface area contributed by atoms with Gasteiger partial charge in [-0.1, -0.05) is 36.4 Å². The Morgan fingerprint density at radius 3 is 2.67 bits per heavy atom. The van der Waals surface area contributed by atoms with Crippen molar-refractivity contribution in [3.05, 3.63) is 65.9 Å². The number of nitrogens with zero attached hydrogens (tertiary/aromatic N) is 1. The van der Waals surface area contributed by atoms with Crippen LogP contribution in [0.25, 0.3) is 10.9 Å². The predicted molar refractivity (Wildman–Crippen MR) is 159 cm³/mol. The molecule has 1 spiro atoms. The van der Waals surface area contributed by atoms with Crippen LogP contribution in [0.1, 0.15) is 54.6 Å². The average molecular weight is 587 g/mol. The van der Waals surface area contributed by atoms with Gasteiger partial charge in [0.2, 0.25) is 11.8 Å². The van der Waals surface area contributed by atoms with Crippen molar-refractivity contribution in [2.45, 2.75) is 57.2 Å². The number of piperidine rings is 1. The lowest BCUT2D eigenvalue weighted by Crippen LogP contribution is -2.53. The zero-order valence-corrected chi connectivity index (χ0v) is 24.4. The number of benzene rings is 2. The van der Waals surface area contributed by atoms with Crippen LogP contribution in [0, 0.1) is 11.3 Å². The van der Waals surface area contributed by atoms with Crippen molar-refractivity contribution in [3.8, 4) is 5.75 Å². The molecule has 6 rings (SSSR count). The minimum atomic E-state index is -0.901. The summed E-state index contributed by atoms with van der Waals surface area (Å²) in [6, 6.07) is 15.3. The molecule has 0 unspecified atom stereocenters. The number of Topliss-reactive ketones (excluding diaryl/α,β-unsaturated/α-hetero) is 1. The number of hydrogen-bond acceptors (Lipinski definition) is 6. The lowest BCUT2D eigenvalue weighted by atomic mass is 9.90. The van der Waals surface area contributed by atoms with Gasteiger partial charge >= 0.3 is 0 Å². The molecule has 1 aromatic heterocycles. The number of aromatic amines is 1. The van der Waals surface area contributed by atoms with Crippen molar-refractivity contribution >= 4 is 34.4 Å². The summed E-state index contributed by atoms with van der Waals surface area (Å²) in [5.74, 6) is -0.750. The Labute approximate surface area is 250 Å². The second-order valence-corrected chi connectivity index (χ2v) is 12.1. The number of fused-ring (bicyclic) bond motifs is 1. The van der Waals surface area contributed by atoms with Crippen LogP contribution in [0.2, 0.25) is 0 Å². The number of carbonyl (C=O) groups excluding carboxylic acids is 4. The molecule has 1 aliphatic carbocycles. The molecule has 3 amide bonds. The summed E-state index contributed by atoms with van der Waals surface area (Å²) in [5.41, 5.74) is 2.03. The van der Waals surface area contributed by atoms with Crippen LogP contribution in [-0.4, -0.2) is 72.3 Å². The first-order chi connectivity index (χ1) is 20.9. The minimum absolute atomic E-state index is 0.0665. The molecule has 10 heteroatoms. The fraction of sp³-hybridized carbons (Fsp3) is 0.455. The molecule has 2 saturated heterocycles. The van der Waals surface area contributed by atoms with Gasteiger partial charge in [-0.15, -0.1) is 0 Å². The van der Waals surface area contributed by atoms with Crippen LogP contribution in [0.4, 0.5) is 0 Å². The number of hydrogen-bond donors (Lipinski definition) is 3. The van der Waals surface area contributed by atoms with E-state index >= 15 is 0 Å². The van der Waals surface area contributed by atoms with Crippen molar-refractivity contribution in [1.82, 2.24) is 20.5 Å². The molecule has 1 saturated carbocycles. The van der Waals surface area contributed by atoms with Crippen molar-refractivity contribution in [3.63, 3.8) is 0 Å². The van der Waals surface area contributed by atoms with E-state index in [-0.39, 0.29) is 54.5 Å². The largest absolute Gasteiger partial charge is 0.496 e. The quantitative estimate of drug-likeness (QED) is 0.316. The van der Waals surface area contributed by atoms with Gasteiger partial charge in [0, 0.05) is 29.9 Å². The van der Waals surface area contributed by atoms with Gasteiger partial charge in [0.25, 0.3) is 5.91 Å². The first-order valence-electron chi connectivity index (χ1n) is 15.0. The van der Waals surface area contributed by atoms with Crippen LogP contribution >= 0.6 is 0 Å². The summed E-state index contributed by atoms with van der Waals surface area (Å²) in [4.78, 5) is 58.6. The third kappa shape index (κ3) is 6.29. The van der Waals surface area contributed by atoms with Gasteiger partial charge in [-0.2, -0.15) is 0 Å². The van der Waals surface area contributed by atoms with E-state index in [1.165, 1.54) is 0 Å². The first kappa shape index (κ1) is 28.9. The molecule has 3 N–H and O–H groups in total. The predicted octanol–water partition coefficient (Wildman–Crippen LogP) is 3.36. The number of H-pyrrole nitrogens is 1. The lowest BCUT2D eigenvalue weighted by molar-refractivity contribution is -0.134. The Balaban J connectivity index is 1.18. The molecular formula is C33H38N4O6. The smallest absolute Gasteiger partial charge is 0.271 e. The number of methoxy groups -OCH3 is 1. The summed E-state index contributed by atoms with van der Waals surface area (Å²) < 4.78 is 11.2. The summed E-state index contributed by atoms with van der Waals surface area (Å²) in [5, 5.41) is 6.61. The number of rotatable bonds is 11. The fourth-order valence-electron chi connectivity index (χ4n) is 6.45. The Kier molecular flexibility index (Phi) is 8.21. The van der Waals surface area contributed by atoms with Gasteiger partial charge in [0.15, 0.2) is 5.78 Å². The van der Waals surface area contributed by atoms with E-state index < -0.39 is 12.1 Å². The van der Waals surface area contributed by atoms with Crippen molar-refractivity contribution in [2.75, 3.05) is 26.8 Å². The van der Waals surface area contributed by atoms with Gasteiger partial charge in [-0.25, -0.2) is 0 Å². The topological polar surface area (TPSA) is 130 Å². The van der Waals surface area contributed by atoms with Gasteiger partial charge in [0.05, 0.1) is 19.8 Å². The molecule has 226 valence electrons. The number of nitrogens with one attached hydrogen (secondary N) is 3. The highest BCUT2D eigenvalue weighted by atomic mass is 16.5. The van der Waals surface area contributed by atoms with Gasteiger partial charge in [0.1, 0.15) is 24.1 Å². The Bertz CT molecular complexity index is 1510. The molecule has 10 nitrogen and oxygen atoms in total. The molecule has 3 fully saturated rings. The maximum Gasteiger partial charge on any atom is 0.271 e. The van der Waals surface area contributed by atoms with E-state index in [1.807, 2.05) is 48.5 Å². The van der Waals surface area contributed by atoms with E-state index in [1.54, 1.807) is 18.1 Å². The summed E-state index contributed by atoms with van der Waals surface area (Å²) >= 11 is 0. The standard InChI is InChI=1S/C33H38N4O6/c1-42-29-11-5-10-24-23(29)16-26(35-24)32(41)37-20-33(12-13-33)17-27(37)31(40)36-25(15-22-9-6-14-34-30(22)39)28(38)19-43-18-21-7-3-2-4-8-21/h2-5,7-8,10-11,16,22,25,27,35H,6,9,12-15,17-20H2,1H3,(H,34,39)(H,36,40)/t22-,25-,27-/m0/s1. The lowest BCUT2D eigenvalue weighted by Gasteiger charge is -2.29. The molecule has 2 aliphatic heterocycles. The highest BCUT2D eigenvalue weighted by Crippen LogP contribution is 2.55. The van der Waals surface area contributed by atoms with Gasteiger partial charge in [-0.05, 0) is 67.7 Å². The average Bonchev–Trinajstić information content (AvgIpc) is 3.45. The second kappa shape index (κ2) is 12.2. The van der Waals surface area contributed by atoms with E-state index in [0.29, 0.717) is 37.4 Å². The van der Waals surface area contributed by atoms with Crippen molar-refractivity contribution in [2.24, 2.45) is 11.3 Å². The van der Waals surface area contributed by atoms with Crippen molar-refractivity contribution < 1.29 is 28.7 Å². The SMILES string of the molecule is COc1cccc2[nH]c(C(=O)N3CC4(CC4)C[C@H]3C(=O)N[C@@H](C[C@@H]3CCCNC3=O)C(=O)COCc3ccccc3)cc12. The van der Waals surface area contributed by atoms with Gasteiger partial charge in [-0.3, -0.25) is 19.2 Å². The Morgan fingerprint density at radius 2 is 1.93 bits per heavy atom. The summed E-state index contributed by atoms with van der Waals surface area (Å²) in [6.45, 7) is 1.17. The van der Waals surface area contributed by atoms with Crippen molar-refractivity contribution in [1.29, 1.82) is 0 Å². The third-order valence-electron chi connectivity index (χ3n) is 9.08. The van der Waals surface area contributed by atoms with E-state index in [0.717, 1.165) is 35.7 Å². The number of carbonyl (C=O) groups is 4. The molecule has 3 aromatic rings. The first-order valence-corrected chi connectivity index (χ1v) is 15.0. The number of aromatic nitrogens is 1. The number of ether oxygens (including phenoxy) is 2. The molecule has 3 atom stereocenters. The monoisotopic (exact) mass is 586 g/mol. The molecule has 0 bridgehead atoms. The summed E-state index contributed by atoms with van der Waals surface area (Å²) in [6.07, 6.45) is 4.12. The molecule has 43 heavy (non-hydrogen) atoms. The highest BCUT2D eigenvalue weighted by molar-refractivity contribution is 6.02. The van der Waals surface area contributed by atoms with Gasteiger partial charge < -0.3 is 30.0 Å². The molecule has 3 aliphatic rings. The van der Waals surface area contributed by atoms with Crippen LogP contribution in [-0.2, 0) is 25.7 Å². The molecular weight excluding hydrogens is 548 g/mol. The molecule has 3 heterocycles. The molecule has 0 radical (unpaired) electrons. The number of amides is 3. The van der Waals surface area contributed by atoms with E-state index in [4.69, 9.17) is 9.47 Å². The van der Waals surface area contributed by atoms with E-state index in [9.17, 15) is 19.2 Å². The fourth-order valence-corrected chi connectivity index (χ4v) is 6.45. The van der Waals surface area contributed by atoms with Crippen LogP contribution in [0.3, 0.4) is 0 Å².